The lowest BCUT2D eigenvalue weighted by molar-refractivity contribution is -0.116. The smallest absolute Gasteiger partial charge is 0.227 e. The van der Waals surface area contributed by atoms with Crippen LogP contribution in [0.4, 0.5) is 9.52 Å². The van der Waals surface area contributed by atoms with Crippen molar-refractivity contribution in [3.8, 4) is 11.3 Å². The molecule has 0 spiro atoms. The van der Waals surface area contributed by atoms with Gasteiger partial charge in [0.2, 0.25) is 5.91 Å². The average Bonchev–Trinajstić information content (AvgIpc) is 3.24. The third kappa shape index (κ3) is 3.73. The van der Waals surface area contributed by atoms with E-state index in [2.05, 4.69) is 15.3 Å². The third-order valence-electron chi connectivity index (χ3n) is 4.27. The highest BCUT2D eigenvalue weighted by Crippen LogP contribution is 2.30. The molecule has 0 saturated carbocycles. The number of aromatic nitrogens is 3. The van der Waals surface area contributed by atoms with Crippen LogP contribution in [-0.4, -0.2) is 20.4 Å². The van der Waals surface area contributed by atoms with E-state index in [-0.39, 0.29) is 11.7 Å². The minimum atomic E-state index is -0.285. The monoisotopic (exact) mass is 380 g/mol. The molecule has 0 fully saturated rings. The predicted molar refractivity (Wildman–Crippen MR) is 105 cm³/mol. The molecule has 4 rings (SSSR count). The second-order valence-corrected chi connectivity index (χ2v) is 7.36. The van der Waals surface area contributed by atoms with Crippen molar-refractivity contribution in [3.05, 3.63) is 65.6 Å². The first-order valence-corrected chi connectivity index (χ1v) is 9.35. The van der Waals surface area contributed by atoms with Crippen LogP contribution in [0.2, 0.25) is 0 Å². The van der Waals surface area contributed by atoms with E-state index in [0.29, 0.717) is 18.1 Å². The Hall–Kier alpha value is -3.06. The van der Waals surface area contributed by atoms with Crippen LogP contribution in [0, 0.1) is 12.7 Å². The first-order valence-electron chi connectivity index (χ1n) is 8.53. The first-order chi connectivity index (χ1) is 13.1. The van der Waals surface area contributed by atoms with Gasteiger partial charge in [0.05, 0.1) is 23.1 Å². The summed E-state index contributed by atoms with van der Waals surface area (Å²) in [7, 11) is 0. The second kappa shape index (κ2) is 7.28. The maximum absolute atomic E-state index is 13.1. The molecule has 0 unspecified atom stereocenters. The number of benzene rings is 2. The lowest BCUT2D eigenvalue weighted by Gasteiger charge is -2.04. The standard InChI is InChI=1S/C20H17FN4OS/c1-13-19(14-6-8-15(21)9-7-14)24-20(27-13)23-18(26)10-11-25-12-22-16-4-2-3-5-17(16)25/h2-9,12H,10-11H2,1H3,(H,23,24,26). The minimum absolute atomic E-state index is 0.104. The number of nitrogens with one attached hydrogen (secondary N) is 1. The number of nitrogens with zero attached hydrogens (tertiary/aromatic N) is 3. The molecule has 136 valence electrons. The summed E-state index contributed by atoms with van der Waals surface area (Å²) in [6.07, 6.45) is 2.07. The van der Waals surface area contributed by atoms with E-state index in [1.165, 1.54) is 23.5 Å². The van der Waals surface area contributed by atoms with Crippen molar-refractivity contribution in [1.29, 1.82) is 0 Å². The Labute approximate surface area is 159 Å². The lowest BCUT2D eigenvalue weighted by Crippen LogP contribution is -2.14. The molecule has 1 N–H and O–H groups in total. The summed E-state index contributed by atoms with van der Waals surface area (Å²) < 4.78 is 15.1. The molecule has 0 atom stereocenters. The molecule has 0 bridgehead atoms. The maximum atomic E-state index is 13.1. The summed E-state index contributed by atoms with van der Waals surface area (Å²) >= 11 is 1.41. The highest BCUT2D eigenvalue weighted by Gasteiger charge is 2.13. The summed E-state index contributed by atoms with van der Waals surface area (Å²) in [5.74, 6) is -0.389. The summed E-state index contributed by atoms with van der Waals surface area (Å²) in [6.45, 7) is 2.48. The summed E-state index contributed by atoms with van der Waals surface area (Å²) in [6, 6.07) is 14.0. The van der Waals surface area contributed by atoms with Crippen molar-refractivity contribution < 1.29 is 9.18 Å². The molecule has 0 aliphatic heterocycles. The average molecular weight is 380 g/mol. The normalized spacial score (nSPS) is 11.0. The van der Waals surface area contributed by atoms with Crippen LogP contribution in [0.25, 0.3) is 22.3 Å². The molecule has 0 saturated heterocycles. The molecule has 5 nitrogen and oxygen atoms in total. The number of hydrogen-bond donors (Lipinski definition) is 1. The van der Waals surface area contributed by atoms with E-state index in [1.54, 1.807) is 18.5 Å². The molecule has 0 aliphatic carbocycles. The van der Waals surface area contributed by atoms with E-state index in [1.807, 2.05) is 35.8 Å². The van der Waals surface area contributed by atoms with Gasteiger partial charge in [0, 0.05) is 23.4 Å². The number of amides is 1. The van der Waals surface area contributed by atoms with Crippen molar-refractivity contribution in [2.75, 3.05) is 5.32 Å². The van der Waals surface area contributed by atoms with Crippen molar-refractivity contribution >= 4 is 33.4 Å². The van der Waals surface area contributed by atoms with Crippen molar-refractivity contribution in [2.45, 2.75) is 19.9 Å². The minimum Gasteiger partial charge on any atom is -0.330 e. The molecule has 0 aliphatic rings. The number of carbonyl (C=O) groups excluding carboxylic acids is 1. The van der Waals surface area contributed by atoms with Gasteiger partial charge in [-0.25, -0.2) is 14.4 Å². The van der Waals surface area contributed by atoms with Crippen LogP contribution in [0.1, 0.15) is 11.3 Å². The zero-order chi connectivity index (χ0) is 18.8. The van der Waals surface area contributed by atoms with Gasteiger partial charge in [0.15, 0.2) is 5.13 Å². The van der Waals surface area contributed by atoms with E-state index >= 15 is 0 Å². The lowest BCUT2D eigenvalue weighted by atomic mass is 10.1. The number of para-hydroxylation sites is 2. The Kier molecular flexibility index (Phi) is 4.68. The van der Waals surface area contributed by atoms with Gasteiger partial charge in [-0.15, -0.1) is 11.3 Å². The SMILES string of the molecule is Cc1sc(NC(=O)CCn2cnc3ccccc32)nc1-c1ccc(F)cc1. The summed E-state index contributed by atoms with van der Waals surface area (Å²) in [5, 5.41) is 3.40. The first kappa shape index (κ1) is 17.4. The van der Waals surface area contributed by atoms with Gasteiger partial charge in [-0.05, 0) is 43.3 Å². The van der Waals surface area contributed by atoms with Crippen molar-refractivity contribution in [1.82, 2.24) is 14.5 Å². The molecule has 4 aromatic rings. The van der Waals surface area contributed by atoms with Gasteiger partial charge >= 0.3 is 0 Å². The Bertz CT molecular complexity index is 1100. The summed E-state index contributed by atoms with van der Waals surface area (Å²) in [5.41, 5.74) is 3.51. The highest BCUT2D eigenvalue weighted by atomic mass is 32.1. The fourth-order valence-corrected chi connectivity index (χ4v) is 3.77. The zero-order valence-electron chi connectivity index (χ0n) is 14.6. The van der Waals surface area contributed by atoms with E-state index in [4.69, 9.17) is 0 Å². The van der Waals surface area contributed by atoms with Crippen LogP contribution in [0.15, 0.2) is 54.9 Å². The largest absolute Gasteiger partial charge is 0.330 e. The maximum Gasteiger partial charge on any atom is 0.227 e. The molecule has 7 heteroatoms. The Morgan fingerprint density at radius 3 is 2.78 bits per heavy atom. The molecule has 2 aromatic carbocycles. The van der Waals surface area contributed by atoms with E-state index in [9.17, 15) is 9.18 Å². The van der Waals surface area contributed by atoms with Crippen molar-refractivity contribution in [2.24, 2.45) is 0 Å². The number of anilines is 1. The Balaban J connectivity index is 1.42. The quantitative estimate of drug-likeness (QED) is 0.549. The van der Waals surface area contributed by atoms with Crippen LogP contribution in [-0.2, 0) is 11.3 Å². The highest BCUT2D eigenvalue weighted by molar-refractivity contribution is 7.16. The number of halogens is 1. The topological polar surface area (TPSA) is 59.8 Å². The Morgan fingerprint density at radius 1 is 1.19 bits per heavy atom. The molecular formula is C20H17FN4OS. The van der Waals surface area contributed by atoms with Crippen LogP contribution >= 0.6 is 11.3 Å². The number of imidazole rings is 1. The Morgan fingerprint density at radius 2 is 1.96 bits per heavy atom. The number of hydrogen-bond acceptors (Lipinski definition) is 4. The van der Waals surface area contributed by atoms with Gasteiger partial charge in [-0.3, -0.25) is 4.79 Å². The fourth-order valence-electron chi connectivity index (χ4n) is 2.92. The third-order valence-corrected chi connectivity index (χ3v) is 5.15. The summed E-state index contributed by atoms with van der Waals surface area (Å²) in [4.78, 5) is 22.1. The molecule has 0 radical (unpaired) electrons. The van der Waals surface area contributed by atoms with Crippen LogP contribution < -0.4 is 5.32 Å². The number of aryl methyl sites for hydroxylation is 2. The molecule has 1 amide bonds. The number of thiazole rings is 1. The number of rotatable bonds is 5. The predicted octanol–water partition coefficient (Wildman–Crippen LogP) is 4.64. The fraction of sp³-hybridized carbons (Fsp3) is 0.150. The van der Waals surface area contributed by atoms with Gasteiger partial charge in [0.25, 0.3) is 0 Å². The van der Waals surface area contributed by atoms with Crippen LogP contribution in [0.5, 0.6) is 0 Å². The number of carbonyl (C=O) groups is 1. The molecule has 2 heterocycles. The van der Waals surface area contributed by atoms with Gasteiger partial charge in [0.1, 0.15) is 5.82 Å². The molecule has 2 aromatic heterocycles. The molecule has 27 heavy (non-hydrogen) atoms. The van der Waals surface area contributed by atoms with Gasteiger partial charge in [-0.1, -0.05) is 12.1 Å². The van der Waals surface area contributed by atoms with Crippen LogP contribution in [0.3, 0.4) is 0 Å². The van der Waals surface area contributed by atoms with Crippen molar-refractivity contribution in [3.63, 3.8) is 0 Å². The van der Waals surface area contributed by atoms with Gasteiger partial charge in [-0.2, -0.15) is 0 Å². The zero-order valence-corrected chi connectivity index (χ0v) is 15.5. The molecular weight excluding hydrogens is 363 g/mol. The second-order valence-electron chi connectivity index (χ2n) is 6.16. The number of fused-ring (bicyclic) bond motifs is 1. The van der Waals surface area contributed by atoms with Gasteiger partial charge < -0.3 is 9.88 Å². The van der Waals surface area contributed by atoms with E-state index < -0.39 is 0 Å². The van der Waals surface area contributed by atoms with E-state index in [0.717, 1.165) is 27.2 Å².